The predicted molar refractivity (Wildman–Crippen MR) is 86.6 cm³/mol. The highest BCUT2D eigenvalue weighted by Crippen LogP contribution is 2.22. The van der Waals surface area contributed by atoms with Crippen molar-refractivity contribution in [2.24, 2.45) is 5.92 Å². The third-order valence-electron chi connectivity index (χ3n) is 4.67. The summed E-state index contributed by atoms with van der Waals surface area (Å²) in [5.74, 6) is -0.0974. The van der Waals surface area contributed by atoms with Gasteiger partial charge < -0.3 is 14.5 Å². The van der Waals surface area contributed by atoms with Crippen molar-refractivity contribution in [2.45, 2.75) is 31.9 Å². The third kappa shape index (κ3) is 3.91. The number of hydrogen-bond donors (Lipinski definition) is 0. The van der Waals surface area contributed by atoms with Gasteiger partial charge in [-0.2, -0.15) is 0 Å². The molecule has 5 heteroatoms. The van der Waals surface area contributed by atoms with Crippen LogP contribution in [0.15, 0.2) is 30.3 Å². The molecule has 0 N–H and O–H groups in total. The Balaban J connectivity index is 1.71. The molecule has 2 atom stereocenters. The Morgan fingerprint density at radius 1 is 1.35 bits per heavy atom. The van der Waals surface area contributed by atoms with Crippen molar-refractivity contribution in [2.75, 3.05) is 26.7 Å². The second-order valence-electron chi connectivity index (χ2n) is 6.51. The molecule has 2 aliphatic rings. The molecule has 1 aromatic carbocycles. The number of carbonyl (C=O) groups is 2. The normalized spacial score (nSPS) is 24.2. The molecule has 2 heterocycles. The molecule has 2 aliphatic heterocycles. The van der Waals surface area contributed by atoms with Gasteiger partial charge in [-0.25, -0.2) is 0 Å². The summed E-state index contributed by atoms with van der Waals surface area (Å²) in [6.45, 7) is 2.49. The molecule has 0 bridgehead atoms. The summed E-state index contributed by atoms with van der Waals surface area (Å²) < 4.78 is 5.70. The van der Waals surface area contributed by atoms with Gasteiger partial charge in [-0.05, 0) is 18.4 Å². The minimum absolute atomic E-state index is 0.0557. The van der Waals surface area contributed by atoms with Gasteiger partial charge in [-0.15, -0.1) is 0 Å². The second-order valence-corrected chi connectivity index (χ2v) is 6.51. The Hall–Kier alpha value is -1.88. The summed E-state index contributed by atoms with van der Waals surface area (Å²) in [5, 5.41) is 0. The molecule has 23 heavy (non-hydrogen) atoms. The molecule has 0 unspecified atom stereocenters. The van der Waals surface area contributed by atoms with Crippen LogP contribution >= 0.6 is 0 Å². The number of ether oxygens (including phenoxy) is 1. The van der Waals surface area contributed by atoms with Gasteiger partial charge in [0.2, 0.25) is 11.8 Å². The van der Waals surface area contributed by atoms with Gasteiger partial charge >= 0.3 is 0 Å². The lowest BCUT2D eigenvalue weighted by Gasteiger charge is -2.28. The third-order valence-corrected chi connectivity index (χ3v) is 4.67. The monoisotopic (exact) mass is 316 g/mol. The molecule has 5 nitrogen and oxygen atoms in total. The van der Waals surface area contributed by atoms with Crippen LogP contribution in [0, 0.1) is 5.92 Å². The summed E-state index contributed by atoms with van der Waals surface area (Å²) in [5.41, 5.74) is 1.11. The summed E-state index contributed by atoms with van der Waals surface area (Å²) in [4.78, 5) is 28.2. The molecule has 0 saturated carbocycles. The van der Waals surface area contributed by atoms with E-state index in [1.54, 1.807) is 11.9 Å². The van der Waals surface area contributed by atoms with Gasteiger partial charge in [-0.1, -0.05) is 30.3 Å². The van der Waals surface area contributed by atoms with Crippen molar-refractivity contribution in [3.05, 3.63) is 35.9 Å². The first-order valence-electron chi connectivity index (χ1n) is 8.32. The summed E-state index contributed by atoms with van der Waals surface area (Å²) in [6.07, 6.45) is 2.51. The first kappa shape index (κ1) is 16.0. The molecule has 0 aromatic heterocycles. The van der Waals surface area contributed by atoms with Crippen LogP contribution in [-0.4, -0.2) is 54.5 Å². The molecule has 2 fully saturated rings. The van der Waals surface area contributed by atoms with Crippen LogP contribution in [0.25, 0.3) is 0 Å². The smallest absolute Gasteiger partial charge is 0.228 e. The summed E-state index contributed by atoms with van der Waals surface area (Å²) in [7, 11) is 1.76. The van der Waals surface area contributed by atoms with E-state index in [1.807, 2.05) is 35.2 Å². The second kappa shape index (κ2) is 7.13. The van der Waals surface area contributed by atoms with E-state index in [-0.39, 0.29) is 23.8 Å². The van der Waals surface area contributed by atoms with Gasteiger partial charge in [0.25, 0.3) is 0 Å². The molecule has 124 valence electrons. The van der Waals surface area contributed by atoms with Gasteiger partial charge in [0.05, 0.1) is 12.0 Å². The maximum atomic E-state index is 12.9. The fourth-order valence-corrected chi connectivity index (χ4v) is 3.36. The number of hydrogen-bond acceptors (Lipinski definition) is 3. The largest absolute Gasteiger partial charge is 0.376 e. The fourth-order valence-electron chi connectivity index (χ4n) is 3.36. The number of carbonyl (C=O) groups excluding carboxylic acids is 2. The molecule has 2 amide bonds. The lowest BCUT2D eigenvalue weighted by atomic mass is 10.1. The Morgan fingerprint density at radius 3 is 2.74 bits per heavy atom. The molecule has 3 rings (SSSR count). The van der Waals surface area contributed by atoms with E-state index in [9.17, 15) is 9.59 Å². The van der Waals surface area contributed by atoms with Crippen LogP contribution in [0.5, 0.6) is 0 Å². The Kier molecular flexibility index (Phi) is 4.96. The zero-order valence-electron chi connectivity index (χ0n) is 13.6. The molecule has 0 spiro atoms. The lowest BCUT2D eigenvalue weighted by molar-refractivity contribution is -0.138. The van der Waals surface area contributed by atoms with Crippen molar-refractivity contribution < 1.29 is 14.3 Å². The Labute approximate surface area is 137 Å². The lowest BCUT2D eigenvalue weighted by Crippen LogP contribution is -2.41. The Bertz CT molecular complexity index is 555. The van der Waals surface area contributed by atoms with Crippen LogP contribution < -0.4 is 0 Å². The van der Waals surface area contributed by atoms with Crippen LogP contribution in [0.4, 0.5) is 0 Å². The minimum Gasteiger partial charge on any atom is -0.376 e. The fraction of sp³-hybridized carbons (Fsp3) is 0.556. The maximum Gasteiger partial charge on any atom is 0.228 e. The number of nitrogens with zero attached hydrogens (tertiary/aromatic N) is 2. The topological polar surface area (TPSA) is 49.9 Å². The molecule has 1 aromatic rings. The average Bonchev–Trinajstić information content (AvgIpc) is 3.17. The molecule has 2 saturated heterocycles. The first-order chi connectivity index (χ1) is 11.1. The standard InChI is InChI=1S/C18H24N2O3/c1-19-12-15(10-17(19)21)18(22)20(13-16-8-5-9-23-16)11-14-6-3-2-4-7-14/h2-4,6-7,15-16H,5,8-13H2,1H3/t15-,16-/m0/s1. The van der Waals surface area contributed by atoms with Crippen LogP contribution in [-0.2, 0) is 20.9 Å². The van der Waals surface area contributed by atoms with Crippen molar-refractivity contribution in [3.63, 3.8) is 0 Å². The number of amides is 2. The number of benzene rings is 1. The van der Waals surface area contributed by atoms with E-state index in [2.05, 4.69) is 0 Å². The van der Waals surface area contributed by atoms with E-state index < -0.39 is 0 Å². The highest BCUT2D eigenvalue weighted by atomic mass is 16.5. The van der Waals surface area contributed by atoms with Crippen LogP contribution in [0.1, 0.15) is 24.8 Å². The van der Waals surface area contributed by atoms with Gasteiger partial charge in [-0.3, -0.25) is 9.59 Å². The van der Waals surface area contributed by atoms with Crippen LogP contribution in [0.3, 0.4) is 0 Å². The first-order valence-corrected chi connectivity index (χ1v) is 8.32. The number of likely N-dealkylation sites (tertiary alicyclic amines) is 1. The van der Waals surface area contributed by atoms with E-state index in [1.165, 1.54) is 0 Å². The SMILES string of the molecule is CN1C[C@@H](C(=O)N(Cc2ccccc2)C[C@@H]2CCCO2)CC1=O. The maximum absolute atomic E-state index is 12.9. The van der Waals surface area contributed by atoms with Crippen molar-refractivity contribution >= 4 is 11.8 Å². The zero-order valence-corrected chi connectivity index (χ0v) is 13.6. The quantitative estimate of drug-likeness (QED) is 0.830. The van der Waals surface area contributed by atoms with E-state index in [0.29, 0.717) is 26.1 Å². The van der Waals surface area contributed by atoms with Gasteiger partial charge in [0.15, 0.2) is 0 Å². The van der Waals surface area contributed by atoms with Crippen LogP contribution in [0.2, 0.25) is 0 Å². The van der Waals surface area contributed by atoms with Crippen molar-refractivity contribution in [3.8, 4) is 0 Å². The highest BCUT2D eigenvalue weighted by molar-refractivity contribution is 5.89. The summed E-state index contributed by atoms with van der Waals surface area (Å²) >= 11 is 0. The molecule has 0 aliphatic carbocycles. The average molecular weight is 316 g/mol. The molecular formula is C18H24N2O3. The van der Waals surface area contributed by atoms with Crippen molar-refractivity contribution in [1.29, 1.82) is 0 Å². The van der Waals surface area contributed by atoms with E-state index in [4.69, 9.17) is 4.74 Å². The number of rotatable bonds is 5. The van der Waals surface area contributed by atoms with E-state index >= 15 is 0 Å². The summed E-state index contributed by atoms with van der Waals surface area (Å²) in [6, 6.07) is 10.00. The zero-order chi connectivity index (χ0) is 16.2. The van der Waals surface area contributed by atoms with Gasteiger partial charge in [0, 0.05) is 39.7 Å². The Morgan fingerprint density at radius 2 is 2.13 bits per heavy atom. The minimum atomic E-state index is -0.224. The van der Waals surface area contributed by atoms with E-state index in [0.717, 1.165) is 25.0 Å². The van der Waals surface area contributed by atoms with Gasteiger partial charge in [0.1, 0.15) is 0 Å². The predicted octanol–water partition coefficient (Wildman–Crippen LogP) is 1.67. The highest BCUT2D eigenvalue weighted by Gasteiger charge is 2.35. The molecule has 0 radical (unpaired) electrons. The molecular weight excluding hydrogens is 292 g/mol. The van der Waals surface area contributed by atoms with Crippen molar-refractivity contribution in [1.82, 2.24) is 9.80 Å².